The lowest BCUT2D eigenvalue weighted by Gasteiger charge is -2.66. The van der Waals surface area contributed by atoms with Gasteiger partial charge in [-0.2, -0.15) is 0 Å². The van der Waals surface area contributed by atoms with Crippen molar-refractivity contribution in [1.82, 2.24) is 0 Å². The first-order chi connectivity index (χ1) is 46.4. The Morgan fingerprint density at radius 3 is 1.46 bits per heavy atom. The maximum Gasteiger partial charge on any atom is 0.187 e. The standard InChI is InChI=1S/C67H114O32/c1-26(28-16-17-67(9)37-13-11-29-30(65(37,7)18-19-66(28,67)8)12-15-38(63(29,3)4)96-59-52(84)48(80)44(76)35(94-59)24-89-58-51(83)46(78)42(74)32(21-69)91-58)10-14-39(64(5,6)87)97-62-56(49(81)45(77)36(95-62)25-88-57-41(73)27(2)40(72)31(20-68)90-57)99-61-54(86)50(82)55(34(23-71)93-61)98-60-53(85)47(79)43(75)33(22-70)92-60/h11,26-28,30-62,68-87H,10,12-25H2,1-9H3/t26?,27-,28?,30+,31+,32+,33+,34+,35+,36+,37+,38-,39+,40-,41+,42+,43?,44+,45+,46-,47-,48-,49-,50+,51+,52+,53?,54+,55+,56+,57+,58+,59-,60-,61-,62-,65-,66+,67-/m0/s1. The Labute approximate surface area is 575 Å². The van der Waals surface area contributed by atoms with Crippen LogP contribution in [0, 0.1) is 51.2 Å². The third-order valence-corrected chi connectivity index (χ3v) is 25.3. The normalized spacial score (nSPS) is 51.7. The van der Waals surface area contributed by atoms with E-state index in [9.17, 15) is 102 Å². The molecule has 10 aliphatic rings. The lowest BCUT2D eigenvalue weighted by molar-refractivity contribution is -0.391. The molecule has 4 aliphatic carbocycles. The fourth-order valence-corrected chi connectivity index (χ4v) is 18.7. The molecule has 10 rings (SSSR count). The SMILES string of the molecule is CC(CC[C@@H](O[C@@H]1O[C@H](CO[C@@H]2O[C@H](CO)[C@@H](O)[C@H](C)[C@H]2O)[C@@H](O)[C@H](O)[C@H]1O[C@@H]1O[C@H](CO)[C@@H](O[C@@H]2O[C@H](CO)C(O)[C@H](O)C2O)[C@H](O)[C@H]1O)C(C)(C)O)C1CC[C@@]2(C)[C@@H]3CC=C4[C@@H](CC[C@H](O[C@@H]5O[C@H](CO[C@@H]6O[C@H](CO)[C@@H](O)[C@H](O)[C@H]6O)[C@@H](O)[C@H](O)[C@H]5O)C4(C)C)[C@]3(C)CC[C@]12C. The van der Waals surface area contributed by atoms with Crippen molar-refractivity contribution >= 4 is 0 Å². The van der Waals surface area contributed by atoms with E-state index in [4.69, 9.17) is 56.8 Å². The first kappa shape index (κ1) is 80.0. The molecular weight excluding hydrogens is 1320 g/mol. The molecule has 574 valence electrons. The van der Waals surface area contributed by atoms with E-state index in [2.05, 4.69) is 47.6 Å². The average molecular weight is 1430 g/mol. The van der Waals surface area contributed by atoms with E-state index < -0.39 is 247 Å². The topological polar surface area (TPSA) is 515 Å². The van der Waals surface area contributed by atoms with Crippen LogP contribution in [-0.4, -0.2) is 338 Å². The molecular formula is C67H114O32. The second-order valence-corrected chi connectivity index (χ2v) is 31.8. The van der Waals surface area contributed by atoms with Crippen molar-refractivity contribution < 1.29 is 159 Å². The number of aliphatic hydroxyl groups is 20. The lowest BCUT2D eigenvalue weighted by atomic mass is 9.39. The van der Waals surface area contributed by atoms with E-state index in [-0.39, 0.29) is 46.3 Å². The molecule has 0 aromatic heterocycles. The van der Waals surface area contributed by atoms with Gasteiger partial charge in [-0.05, 0) is 112 Å². The van der Waals surface area contributed by atoms with Crippen LogP contribution in [0.1, 0.15) is 120 Å². The fraction of sp³-hybridized carbons (Fsp3) is 0.970. The third kappa shape index (κ3) is 15.0. The first-order valence-electron chi connectivity index (χ1n) is 35.3. The number of allylic oxidation sites excluding steroid dienone is 1. The minimum atomic E-state index is -2.10. The van der Waals surface area contributed by atoms with Gasteiger partial charge in [0.25, 0.3) is 0 Å². The molecule has 32 nitrogen and oxygen atoms in total. The van der Waals surface area contributed by atoms with Crippen LogP contribution in [-0.2, 0) is 56.8 Å². The Morgan fingerprint density at radius 2 is 0.909 bits per heavy atom. The molecule has 0 aromatic rings. The largest absolute Gasteiger partial charge is 0.394 e. The Bertz CT molecular complexity index is 2630. The highest BCUT2D eigenvalue weighted by molar-refractivity contribution is 5.30. The number of aliphatic hydroxyl groups excluding tert-OH is 19. The van der Waals surface area contributed by atoms with E-state index in [1.165, 1.54) is 26.3 Å². The van der Waals surface area contributed by atoms with Crippen molar-refractivity contribution in [3.05, 3.63) is 11.6 Å². The molecule has 99 heavy (non-hydrogen) atoms. The summed E-state index contributed by atoms with van der Waals surface area (Å²) in [5, 5.41) is 217. The Kier molecular flexibility index (Phi) is 25.3. The van der Waals surface area contributed by atoms with E-state index in [1.807, 2.05) is 0 Å². The Hall–Kier alpha value is -1.54. The molecule has 0 amide bonds. The van der Waals surface area contributed by atoms with Gasteiger partial charge in [-0.1, -0.05) is 60.1 Å². The molecule has 20 N–H and O–H groups in total. The van der Waals surface area contributed by atoms with Gasteiger partial charge < -0.3 is 159 Å². The minimum absolute atomic E-state index is 0.0472. The zero-order chi connectivity index (χ0) is 72.7. The second-order valence-electron chi connectivity index (χ2n) is 31.8. The summed E-state index contributed by atoms with van der Waals surface area (Å²) >= 11 is 0. The van der Waals surface area contributed by atoms with Crippen molar-refractivity contribution in [1.29, 1.82) is 0 Å². The number of hydrogen-bond donors (Lipinski definition) is 20. The summed E-state index contributed by atoms with van der Waals surface area (Å²) in [7, 11) is 0. The van der Waals surface area contributed by atoms with Crippen molar-refractivity contribution in [2.75, 3.05) is 39.6 Å². The van der Waals surface area contributed by atoms with Crippen molar-refractivity contribution in [3.8, 4) is 0 Å². The van der Waals surface area contributed by atoms with Gasteiger partial charge in [0, 0.05) is 11.3 Å². The number of fused-ring (bicyclic) bond motifs is 5. The van der Waals surface area contributed by atoms with Crippen LogP contribution in [0.15, 0.2) is 11.6 Å². The minimum Gasteiger partial charge on any atom is -0.394 e. The van der Waals surface area contributed by atoms with E-state index in [1.54, 1.807) is 0 Å². The third-order valence-electron chi connectivity index (χ3n) is 25.3. The highest BCUT2D eigenvalue weighted by atomic mass is 16.8. The molecule has 6 aliphatic heterocycles. The van der Waals surface area contributed by atoms with Gasteiger partial charge in [0.2, 0.25) is 0 Å². The molecule has 39 atom stereocenters. The van der Waals surface area contributed by atoms with Crippen LogP contribution in [0.2, 0.25) is 0 Å². The number of hydrogen-bond acceptors (Lipinski definition) is 32. The van der Waals surface area contributed by atoms with Crippen LogP contribution in [0.25, 0.3) is 0 Å². The van der Waals surface area contributed by atoms with E-state index in [0.717, 1.165) is 38.5 Å². The Morgan fingerprint density at radius 1 is 0.465 bits per heavy atom. The maximum atomic E-state index is 12.1. The van der Waals surface area contributed by atoms with Crippen LogP contribution >= 0.6 is 0 Å². The average Bonchev–Trinajstić information content (AvgIpc) is 1.65. The highest BCUT2D eigenvalue weighted by Gasteiger charge is 2.68. The molecule has 0 radical (unpaired) electrons. The summed E-state index contributed by atoms with van der Waals surface area (Å²) in [4.78, 5) is 0. The summed E-state index contributed by atoms with van der Waals surface area (Å²) in [5.74, 6) is -0.131. The predicted octanol–water partition coefficient (Wildman–Crippen LogP) is -5.28. The Balaban J connectivity index is 0.821. The van der Waals surface area contributed by atoms with E-state index in [0.29, 0.717) is 12.8 Å². The van der Waals surface area contributed by atoms with Crippen LogP contribution in [0.5, 0.6) is 0 Å². The van der Waals surface area contributed by atoms with Gasteiger partial charge in [0.15, 0.2) is 37.7 Å². The summed E-state index contributed by atoms with van der Waals surface area (Å²) in [6, 6.07) is 0. The van der Waals surface area contributed by atoms with Gasteiger partial charge in [0.05, 0.1) is 63.6 Å². The predicted molar refractivity (Wildman–Crippen MR) is 335 cm³/mol. The van der Waals surface area contributed by atoms with Gasteiger partial charge in [-0.3, -0.25) is 0 Å². The van der Waals surface area contributed by atoms with Gasteiger partial charge in [-0.15, -0.1) is 0 Å². The molecule has 6 saturated heterocycles. The van der Waals surface area contributed by atoms with Gasteiger partial charge >= 0.3 is 0 Å². The number of ether oxygens (including phenoxy) is 12. The zero-order valence-corrected chi connectivity index (χ0v) is 57.8. The van der Waals surface area contributed by atoms with Crippen LogP contribution < -0.4 is 0 Å². The highest BCUT2D eigenvalue weighted by Crippen LogP contribution is 2.75. The van der Waals surface area contributed by atoms with Gasteiger partial charge in [0.1, 0.15) is 134 Å². The summed E-state index contributed by atoms with van der Waals surface area (Å²) in [6.45, 7) is 14.1. The lowest BCUT2D eigenvalue weighted by Crippen LogP contribution is -2.67. The number of rotatable bonds is 23. The smallest absolute Gasteiger partial charge is 0.187 e. The molecule has 4 unspecified atom stereocenters. The van der Waals surface area contributed by atoms with Crippen molar-refractivity contribution in [2.24, 2.45) is 51.2 Å². The molecule has 6 heterocycles. The monoisotopic (exact) mass is 1430 g/mol. The summed E-state index contributed by atoms with van der Waals surface area (Å²) in [5.41, 5.74) is -1.39. The van der Waals surface area contributed by atoms with Crippen molar-refractivity contribution in [2.45, 2.75) is 316 Å². The van der Waals surface area contributed by atoms with Crippen LogP contribution in [0.4, 0.5) is 0 Å². The van der Waals surface area contributed by atoms with Gasteiger partial charge in [-0.25, -0.2) is 0 Å². The first-order valence-corrected chi connectivity index (χ1v) is 35.3. The molecule has 0 aromatic carbocycles. The molecule has 0 bridgehead atoms. The molecule has 3 saturated carbocycles. The van der Waals surface area contributed by atoms with E-state index >= 15 is 0 Å². The van der Waals surface area contributed by atoms with Crippen LogP contribution in [0.3, 0.4) is 0 Å². The fourth-order valence-electron chi connectivity index (χ4n) is 18.7. The summed E-state index contributed by atoms with van der Waals surface area (Å²) < 4.78 is 71.9. The molecule has 0 spiro atoms. The maximum absolute atomic E-state index is 12.1. The summed E-state index contributed by atoms with van der Waals surface area (Å²) in [6.07, 6.45) is -40.7. The molecule has 9 fully saturated rings. The second kappa shape index (κ2) is 31.3. The quantitative estimate of drug-likeness (QED) is 0.0425. The molecule has 32 heteroatoms. The van der Waals surface area contributed by atoms with Crippen molar-refractivity contribution in [3.63, 3.8) is 0 Å². The zero-order valence-electron chi connectivity index (χ0n) is 57.8.